The van der Waals surface area contributed by atoms with Crippen molar-refractivity contribution in [1.29, 1.82) is 0 Å². The monoisotopic (exact) mass is 309 g/mol. The fraction of sp³-hybridized carbons (Fsp3) is 0.385. The molecule has 0 saturated heterocycles. The predicted octanol–water partition coefficient (Wildman–Crippen LogP) is 3.39. The second-order valence-corrected chi connectivity index (χ2v) is 4.87. The van der Waals surface area contributed by atoms with Gasteiger partial charge in [0.25, 0.3) is 0 Å². The van der Waals surface area contributed by atoms with Crippen LogP contribution in [0.25, 0.3) is 11.5 Å². The molecule has 0 radical (unpaired) electrons. The third-order valence-corrected chi connectivity index (χ3v) is 3.25. The molecule has 0 spiro atoms. The van der Waals surface area contributed by atoms with Gasteiger partial charge in [-0.3, -0.25) is 0 Å². The van der Waals surface area contributed by atoms with Crippen LogP contribution in [0.15, 0.2) is 33.2 Å². The highest BCUT2D eigenvalue weighted by Gasteiger charge is 2.10. The van der Waals surface area contributed by atoms with Gasteiger partial charge < -0.3 is 9.73 Å². The van der Waals surface area contributed by atoms with E-state index in [-0.39, 0.29) is 0 Å². The molecule has 0 aliphatic carbocycles. The molecule has 2 rings (SSSR count). The van der Waals surface area contributed by atoms with Crippen molar-refractivity contribution in [3.63, 3.8) is 0 Å². The van der Waals surface area contributed by atoms with E-state index in [0.29, 0.717) is 18.3 Å². The maximum absolute atomic E-state index is 5.62. The molecule has 1 heterocycles. The highest BCUT2D eigenvalue weighted by molar-refractivity contribution is 9.10. The van der Waals surface area contributed by atoms with Crippen molar-refractivity contribution in [2.24, 2.45) is 0 Å². The Morgan fingerprint density at radius 1 is 1.28 bits per heavy atom. The van der Waals surface area contributed by atoms with Crippen molar-refractivity contribution in [3.8, 4) is 11.5 Å². The Bertz CT molecular complexity index is 498. The van der Waals surface area contributed by atoms with Crippen molar-refractivity contribution >= 4 is 15.9 Å². The van der Waals surface area contributed by atoms with Crippen LogP contribution >= 0.6 is 15.9 Å². The van der Waals surface area contributed by atoms with E-state index in [9.17, 15) is 0 Å². The van der Waals surface area contributed by atoms with Gasteiger partial charge in [-0.15, -0.1) is 10.2 Å². The van der Waals surface area contributed by atoms with E-state index in [1.165, 1.54) is 6.42 Å². The maximum Gasteiger partial charge on any atom is 0.248 e. The first-order valence-electron chi connectivity index (χ1n) is 6.09. The second-order valence-electron chi connectivity index (χ2n) is 4.01. The summed E-state index contributed by atoms with van der Waals surface area (Å²) >= 11 is 3.47. The minimum atomic E-state index is 0.551. The van der Waals surface area contributed by atoms with E-state index in [0.717, 1.165) is 23.0 Å². The number of aromatic nitrogens is 2. The molecule has 1 N–H and O–H groups in total. The molecule has 0 atom stereocenters. The Hall–Kier alpha value is -1.20. The Labute approximate surface area is 115 Å². The number of unbranched alkanes of at least 4 members (excludes halogenated alkanes) is 1. The van der Waals surface area contributed by atoms with Gasteiger partial charge in [0, 0.05) is 4.47 Å². The average molecular weight is 310 g/mol. The van der Waals surface area contributed by atoms with E-state index < -0.39 is 0 Å². The molecule has 0 saturated carbocycles. The smallest absolute Gasteiger partial charge is 0.248 e. The molecule has 18 heavy (non-hydrogen) atoms. The number of nitrogens with zero attached hydrogens (tertiary/aromatic N) is 2. The van der Waals surface area contributed by atoms with Crippen LogP contribution < -0.4 is 5.32 Å². The largest absolute Gasteiger partial charge is 0.419 e. The SMILES string of the molecule is CCCCNCc1nnc(-c2ccccc2Br)o1. The molecule has 0 fully saturated rings. The van der Waals surface area contributed by atoms with Gasteiger partial charge in [0.1, 0.15) is 0 Å². The van der Waals surface area contributed by atoms with Crippen molar-refractivity contribution in [1.82, 2.24) is 15.5 Å². The predicted molar refractivity (Wildman–Crippen MR) is 74.0 cm³/mol. The molecule has 1 aromatic heterocycles. The summed E-state index contributed by atoms with van der Waals surface area (Å²) in [5.41, 5.74) is 0.921. The lowest BCUT2D eigenvalue weighted by Gasteiger charge is -1.99. The summed E-state index contributed by atoms with van der Waals surface area (Å²) in [6.45, 7) is 3.76. The molecular formula is C13H16BrN3O. The standard InChI is InChI=1S/C13H16BrN3O/c1-2-3-8-15-9-12-16-17-13(18-12)10-6-4-5-7-11(10)14/h4-7,15H,2-3,8-9H2,1H3. The second kappa shape index (κ2) is 6.66. The summed E-state index contributed by atoms with van der Waals surface area (Å²) in [6.07, 6.45) is 2.34. The van der Waals surface area contributed by atoms with Crippen LogP contribution in [-0.2, 0) is 6.54 Å². The number of hydrogen-bond donors (Lipinski definition) is 1. The highest BCUT2D eigenvalue weighted by Crippen LogP contribution is 2.26. The number of benzene rings is 1. The maximum atomic E-state index is 5.62. The summed E-state index contributed by atoms with van der Waals surface area (Å²) in [6, 6.07) is 7.81. The van der Waals surface area contributed by atoms with E-state index in [1.54, 1.807) is 0 Å². The summed E-state index contributed by atoms with van der Waals surface area (Å²) < 4.78 is 6.57. The zero-order valence-electron chi connectivity index (χ0n) is 10.3. The molecule has 0 unspecified atom stereocenters. The molecule has 1 aromatic carbocycles. The highest BCUT2D eigenvalue weighted by atomic mass is 79.9. The minimum absolute atomic E-state index is 0.551. The summed E-state index contributed by atoms with van der Waals surface area (Å²) in [5.74, 6) is 1.17. The van der Waals surface area contributed by atoms with Crippen LogP contribution in [-0.4, -0.2) is 16.7 Å². The van der Waals surface area contributed by atoms with Crippen molar-refractivity contribution in [3.05, 3.63) is 34.6 Å². The number of rotatable bonds is 6. The molecule has 2 aromatic rings. The van der Waals surface area contributed by atoms with E-state index in [1.807, 2.05) is 24.3 Å². The van der Waals surface area contributed by atoms with Gasteiger partial charge in [-0.25, -0.2) is 0 Å². The summed E-state index contributed by atoms with van der Waals surface area (Å²) in [7, 11) is 0. The molecule has 0 amide bonds. The van der Waals surface area contributed by atoms with Crippen molar-refractivity contribution in [2.45, 2.75) is 26.3 Å². The van der Waals surface area contributed by atoms with Gasteiger partial charge in [0.2, 0.25) is 11.8 Å². The molecular weight excluding hydrogens is 294 g/mol. The molecule has 96 valence electrons. The van der Waals surface area contributed by atoms with E-state index in [2.05, 4.69) is 38.4 Å². The zero-order chi connectivity index (χ0) is 12.8. The first-order chi connectivity index (χ1) is 8.81. The molecule has 0 aliphatic rings. The van der Waals surface area contributed by atoms with Crippen molar-refractivity contribution in [2.75, 3.05) is 6.54 Å². The fourth-order valence-electron chi connectivity index (χ4n) is 1.57. The average Bonchev–Trinajstić information content (AvgIpc) is 2.84. The number of hydrogen-bond acceptors (Lipinski definition) is 4. The number of halogens is 1. The molecule has 0 aliphatic heterocycles. The van der Waals surface area contributed by atoms with E-state index >= 15 is 0 Å². The topological polar surface area (TPSA) is 51.0 Å². The lowest BCUT2D eigenvalue weighted by Crippen LogP contribution is -2.14. The zero-order valence-corrected chi connectivity index (χ0v) is 11.9. The lowest BCUT2D eigenvalue weighted by molar-refractivity contribution is 0.474. The van der Waals surface area contributed by atoms with Crippen LogP contribution in [0, 0.1) is 0 Å². The first kappa shape index (κ1) is 13.2. The van der Waals surface area contributed by atoms with Gasteiger partial charge >= 0.3 is 0 Å². The normalized spacial score (nSPS) is 10.8. The first-order valence-corrected chi connectivity index (χ1v) is 6.88. The van der Waals surface area contributed by atoms with Crippen LogP contribution in [0.1, 0.15) is 25.7 Å². The summed E-state index contributed by atoms with van der Waals surface area (Å²) in [4.78, 5) is 0. The van der Waals surface area contributed by atoms with Crippen LogP contribution in [0.2, 0.25) is 0 Å². The summed E-state index contributed by atoms with van der Waals surface area (Å²) in [5, 5.41) is 11.4. The fourth-order valence-corrected chi connectivity index (χ4v) is 2.02. The van der Waals surface area contributed by atoms with Crippen LogP contribution in [0.5, 0.6) is 0 Å². The van der Waals surface area contributed by atoms with Crippen LogP contribution in [0.4, 0.5) is 0 Å². The molecule has 0 bridgehead atoms. The van der Waals surface area contributed by atoms with Gasteiger partial charge in [0.15, 0.2) is 0 Å². The van der Waals surface area contributed by atoms with Gasteiger partial charge in [0.05, 0.1) is 12.1 Å². The Morgan fingerprint density at radius 2 is 2.11 bits per heavy atom. The Morgan fingerprint density at radius 3 is 2.89 bits per heavy atom. The van der Waals surface area contributed by atoms with Gasteiger partial charge in [-0.1, -0.05) is 25.5 Å². The Balaban J connectivity index is 2.00. The number of nitrogens with one attached hydrogen (secondary N) is 1. The Kier molecular flexibility index (Phi) is 4.90. The molecule has 4 nitrogen and oxygen atoms in total. The third-order valence-electron chi connectivity index (χ3n) is 2.55. The quantitative estimate of drug-likeness (QED) is 0.831. The molecule has 5 heteroatoms. The van der Waals surface area contributed by atoms with Gasteiger partial charge in [-0.05, 0) is 41.0 Å². The van der Waals surface area contributed by atoms with Gasteiger partial charge in [-0.2, -0.15) is 0 Å². The third kappa shape index (κ3) is 3.40. The van der Waals surface area contributed by atoms with E-state index in [4.69, 9.17) is 4.42 Å². The van der Waals surface area contributed by atoms with Crippen LogP contribution in [0.3, 0.4) is 0 Å². The van der Waals surface area contributed by atoms with Crippen molar-refractivity contribution < 1.29 is 4.42 Å². The minimum Gasteiger partial charge on any atom is -0.419 e. The lowest BCUT2D eigenvalue weighted by atomic mass is 10.2.